The Labute approximate surface area is 165 Å². The van der Waals surface area contributed by atoms with E-state index in [9.17, 15) is 18.0 Å². The molecule has 2 rings (SSSR count). The van der Waals surface area contributed by atoms with Crippen LogP contribution in [0.1, 0.15) is 18.2 Å². The molecule has 28 heavy (non-hydrogen) atoms. The number of hydrogen-bond donors (Lipinski definition) is 3. The van der Waals surface area contributed by atoms with E-state index < -0.39 is 33.5 Å². The van der Waals surface area contributed by atoms with E-state index in [1.54, 1.807) is 18.6 Å². The number of urea groups is 1. The zero-order valence-corrected chi connectivity index (χ0v) is 16.6. The topological polar surface area (TPSA) is 165 Å². The normalized spacial score (nSPS) is 11.0. The van der Waals surface area contributed by atoms with Crippen LogP contribution in [0.15, 0.2) is 11.1 Å². The number of sulfonamides is 1. The molecular weight excluding hydrogens is 416 g/mol. The number of aromatic nitrogens is 4. The van der Waals surface area contributed by atoms with Crippen LogP contribution in [-0.2, 0) is 26.0 Å². The van der Waals surface area contributed by atoms with Crippen molar-refractivity contribution in [2.24, 2.45) is 0 Å². The van der Waals surface area contributed by atoms with Gasteiger partial charge in [-0.3, -0.25) is 15.2 Å². The van der Waals surface area contributed by atoms with Gasteiger partial charge in [0.05, 0.1) is 20.1 Å². The zero-order chi connectivity index (χ0) is 20.9. The van der Waals surface area contributed by atoms with Crippen LogP contribution in [0, 0.1) is 6.92 Å². The van der Waals surface area contributed by atoms with Gasteiger partial charge in [-0.25, -0.2) is 14.5 Å². The number of ether oxygens (including phenoxy) is 2. The molecule has 0 unspecified atom stereocenters. The summed E-state index contributed by atoms with van der Waals surface area (Å²) in [5.74, 6) is -0.686. The van der Waals surface area contributed by atoms with Gasteiger partial charge in [-0.05, 0) is 13.8 Å². The minimum Gasteiger partial charge on any atom is -0.481 e. The van der Waals surface area contributed by atoms with Crippen LogP contribution in [0.2, 0.25) is 5.15 Å². The molecule has 0 bridgehead atoms. The van der Waals surface area contributed by atoms with Gasteiger partial charge in [-0.2, -0.15) is 18.5 Å². The summed E-state index contributed by atoms with van der Waals surface area (Å²) in [6.07, 6.45) is -0.445. The summed E-state index contributed by atoms with van der Waals surface area (Å²) >= 11 is 5.84. The van der Waals surface area contributed by atoms with Crippen LogP contribution in [0.3, 0.4) is 0 Å². The Hall–Kier alpha value is -2.93. The Morgan fingerprint density at radius 2 is 2.04 bits per heavy atom. The molecule has 3 N–H and O–H groups in total. The van der Waals surface area contributed by atoms with Crippen LogP contribution in [0.5, 0.6) is 5.88 Å². The number of carbonyl (C=O) groups excluding carboxylic acids is 2. The average molecular weight is 433 g/mol. The maximum atomic E-state index is 12.5. The van der Waals surface area contributed by atoms with Crippen LogP contribution >= 0.6 is 11.6 Å². The number of aromatic amines is 1. The molecule has 2 heterocycles. The van der Waals surface area contributed by atoms with Gasteiger partial charge in [0.25, 0.3) is 10.0 Å². The summed E-state index contributed by atoms with van der Waals surface area (Å²) in [4.78, 5) is 31.5. The van der Waals surface area contributed by atoms with Gasteiger partial charge in [-0.1, -0.05) is 11.6 Å². The molecule has 0 spiro atoms. The van der Waals surface area contributed by atoms with Crippen LogP contribution in [0.4, 0.5) is 10.7 Å². The maximum Gasteiger partial charge on any atom is 0.335 e. The first-order chi connectivity index (χ1) is 13.2. The van der Waals surface area contributed by atoms with E-state index in [1.165, 1.54) is 13.2 Å². The van der Waals surface area contributed by atoms with Gasteiger partial charge < -0.3 is 9.47 Å². The molecule has 2 aromatic heterocycles. The van der Waals surface area contributed by atoms with Crippen molar-refractivity contribution in [1.82, 2.24) is 24.9 Å². The number of halogens is 1. The summed E-state index contributed by atoms with van der Waals surface area (Å²) in [7, 11) is -3.06. The monoisotopic (exact) mass is 432 g/mol. The second kappa shape index (κ2) is 8.84. The number of H-pyrrole nitrogens is 1. The molecule has 0 aliphatic heterocycles. The van der Waals surface area contributed by atoms with Gasteiger partial charge in [-0.15, -0.1) is 0 Å². The molecule has 0 atom stereocenters. The number of nitrogens with zero attached hydrogens (tertiary/aromatic N) is 3. The molecule has 0 saturated carbocycles. The molecule has 0 aromatic carbocycles. The molecule has 0 saturated heterocycles. The van der Waals surface area contributed by atoms with Crippen molar-refractivity contribution in [3.63, 3.8) is 0 Å². The van der Waals surface area contributed by atoms with E-state index >= 15 is 0 Å². The van der Waals surface area contributed by atoms with Crippen molar-refractivity contribution in [3.8, 4) is 5.88 Å². The Bertz CT molecular complexity index is 992. The number of methoxy groups -OCH3 is 1. The van der Waals surface area contributed by atoms with E-state index in [0.29, 0.717) is 5.69 Å². The van der Waals surface area contributed by atoms with Gasteiger partial charge in [0.15, 0.2) is 10.2 Å². The van der Waals surface area contributed by atoms with Crippen molar-refractivity contribution in [2.45, 2.75) is 25.3 Å². The third kappa shape index (κ3) is 5.29. The number of nitrogens with one attached hydrogen (secondary N) is 3. The van der Waals surface area contributed by atoms with E-state index in [-0.39, 0.29) is 29.2 Å². The summed E-state index contributed by atoms with van der Waals surface area (Å²) in [5.41, 5.74) is 0.357. The molecule has 0 radical (unpaired) electrons. The fourth-order valence-electron chi connectivity index (χ4n) is 2.06. The molecule has 2 aromatic rings. The Balaban J connectivity index is 2.19. The van der Waals surface area contributed by atoms with E-state index in [0.717, 1.165) is 0 Å². The molecule has 152 valence electrons. The van der Waals surface area contributed by atoms with Crippen molar-refractivity contribution in [2.75, 3.05) is 19.0 Å². The van der Waals surface area contributed by atoms with Crippen molar-refractivity contribution in [1.29, 1.82) is 0 Å². The van der Waals surface area contributed by atoms with Crippen molar-refractivity contribution >= 4 is 39.6 Å². The fourth-order valence-corrected chi connectivity index (χ4v) is 3.38. The number of rotatable bonds is 7. The lowest BCUT2D eigenvalue weighted by Gasteiger charge is -2.09. The van der Waals surface area contributed by atoms with Gasteiger partial charge >= 0.3 is 12.0 Å². The van der Waals surface area contributed by atoms with E-state index in [2.05, 4.69) is 25.5 Å². The van der Waals surface area contributed by atoms with Crippen LogP contribution < -0.4 is 14.8 Å². The molecule has 14 heteroatoms. The lowest BCUT2D eigenvalue weighted by atomic mass is 10.2. The predicted molar refractivity (Wildman–Crippen MR) is 96.6 cm³/mol. The van der Waals surface area contributed by atoms with Gasteiger partial charge in [0.2, 0.25) is 11.8 Å². The fraction of sp³-hybridized carbons (Fsp3) is 0.357. The number of anilines is 1. The third-order valence-corrected chi connectivity index (χ3v) is 4.81. The third-order valence-electron chi connectivity index (χ3n) is 3.17. The highest BCUT2D eigenvalue weighted by atomic mass is 35.5. The quantitative estimate of drug-likeness (QED) is 0.536. The number of amides is 2. The number of esters is 1. The second-order valence-electron chi connectivity index (χ2n) is 5.24. The number of carbonyl (C=O) groups is 2. The van der Waals surface area contributed by atoms with Gasteiger partial charge in [0.1, 0.15) is 0 Å². The predicted octanol–water partition coefficient (Wildman–Crippen LogP) is 0.786. The first-order valence-corrected chi connectivity index (χ1v) is 9.64. The smallest absolute Gasteiger partial charge is 0.335 e. The van der Waals surface area contributed by atoms with Crippen molar-refractivity contribution in [3.05, 3.63) is 22.5 Å². The Morgan fingerprint density at radius 1 is 1.32 bits per heavy atom. The maximum absolute atomic E-state index is 12.5. The van der Waals surface area contributed by atoms with E-state index in [1.807, 2.05) is 0 Å². The molecule has 12 nitrogen and oxygen atoms in total. The first kappa shape index (κ1) is 21.4. The summed E-state index contributed by atoms with van der Waals surface area (Å²) in [6.45, 7) is 3.34. The molecular formula is C14H17ClN6O6S. The summed E-state index contributed by atoms with van der Waals surface area (Å²) in [6, 6.07) is 0.383. The minimum atomic E-state index is -4.43. The highest BCUT2D eigenvalue weighted by Crippen LogP contribution is 2.22. The highest BCUT2D eigenvalue weighted by Gasteiger charge is 2.28. The largest absolute Gasteiger partial charge is 0.481 e. The SMILES string of the molecule is CCOC(=O)Cc1c(Cl)n[nH]c1S(=O)(=O)NC(=O)Nc1nc(C)cc(OC)n1. The highest BCUT2D eigenvalue weighted by molar-refractivity contribution is 7.90. The molecule has 2 amide bonds. The zero-order valence-electron chi connectivity index (χ0n) is 15.1. The van der Waals surface area contributed by atoms with Gasteiger partial charge in [0, 0.05) is 17.3 Å². The van der Waals surface area contributed by atoms with E-state index in [4.69, 9.17) is 21.1 Å². The summed E-state index contributed by atoms with van der Waals surface area (Å²) in [5, 5.41) is 7.16. The lowest BCUT2D eigenvalue weighted by Crippen LogP contribution is -2.35. The molecule has 0 aliphatic rings. The van der Waals surface area contributed by atoms with Crippen LogP contribution in [0.25, 0.3) is 0 Å². The number of hydrogen-bond acceptors (Lipinski definition) is 9. The average Bonchev–Trinajstić information content (AvgIpc) is 2.95. The second-order valence-corrected chi connectivity index (χ2v) is 7.22. The molecule has 0 fully saturated rings. The number of aryl methyl sites for hydroxylation is 1. The Morgan fingerprint density at radius 3 is 2.68 bits per heavy atom. The molecule has 0 aliphatic carbocycles. The van der Waals surface area contributed by atoms with Crippen molar-refractivity contribution < 1.29 is 27.5 Å². The minimum absolute atomic E-state index is 0.108. The van der Waals surface area contributed by atoms with Crippen LogP contribution in [-0.4, -0.2) is 54.3 Å². The first-order valence-electron chi connectivity index (χ1n) is 7.78. The summed E-state index contributed by atoms with van der Waals surface area (Å²) < 4.78 is 36.4. The lowest BCUT2D eigenvalue weighted by molar-refractivity contribution is -0.142. The Kier molecular flexibility index (Phi) is 6.75. The standard InChI is InChI=1S/C14H17ClN6O6S/c1-4-27-10(22)6-8-11(15)19-20-12(8)28(24,25)21-14(23)18-13-16-7(2)5-9(17-13)26-3/h5H,4,6H2,1-3H3,(H,19,20)(H2,16,17,18,21,23).